The van der Waals surface area contributed by atoms with E-state index in [1.54, 1.807) is 0 Å². The summed E-state index contributed by atoms with van der Waals surface area (Å²) in [6, 6.07) is 6.48. The largest absolute Gasteiger partial charge is 0.327 e. The van der Waals surface area contributed by atoms with Gasteiger partial charge in [-0.3, -0.25) is 0 Å². The third-order valence-electron chi connectivity index (χ3n) is 2.23. The lowest BCUT2D eigenvalue weighted by molar-refractivity contribution is 1.03. The minimum Gasteiger partial charge on any atom is -0.327 e. The van der Waals surface area contributed by atoms with Gasteiger partial charge in [-0.2, -0.15) is 0 Å². The number of hydrogen-bond donors (Lipinski definition) is 1. The zero-order chi connectivity index (χ0) is 9.84. The van der Waals surface area contributed by atoms with Crippen LogP contribution in [-0.2, 0) is 6.42 Å². The molecule has 0 spiro atoms. The molecule has 0 amide bonds. The molecular formula is C12H17N. The molecule has 0 aliphatic heterocycles. The summed E-state index contributed by atoms with van der Waals surface area (Å²) in [5, 5.41) is 0. The van der Waals surface area contributed by atoms with Gasteiger partial charge < -0.3 is 5.73 Å². The molecule has 0 radical (unpaired) electrons. The quantitative estimate of drug-likeness (QED) is 0.701. The molecule has 0 atom stereocenters. The Morgan fingerprint density at radius 1 is 1.38 bits per heavy atom. The van der Waals surface area contributed by atoms with Crippen molar-refractivity contribution in [3.8, 4) is 0 Å². The summed E-state index contributed by atoms with van der Waals surface area (Å²) in [5.74, 6) is 0. The molecule has 1 aromatic rings. The highest BCUT2D eigenvalue weighted by Crippen LogP contribution is 2.13. The lowest BCUT2D eigenvalue weighted by atomic mass is 10.00. The van der Waals surface area contributed by atoms with Gasteiger partial charge in [0.1, 0.15) is 0 Å². The molecule has 13 heavy (non-hydrogen) atoms. The fourth-order valence-corrected chi connectivity index (χ4v) is 1.39. The van der Waals surface area contributed by atoms with Crippen LogP contribution < -0.4 is 5.73 Å². The first-order chi connectivity index (χ1) is 6.13. The molecule has 1 nitrogen and oxygen atoms in total. The lowest BCUT2D eigenvalue weighted by Crippen LogP contribution is -2.05. The van der Waals surface area contributed by atoms with E-state index in [4.69, 9.17) is 5.73 Å². The van der Waals surface area contributed by atoms with E-state index in [0.717, 1.165) is 12.0 Å². The zero-order valence-electron chi connectivity index (χ0n) is 8.43. The number of benzene rings is 1. The molecule has 1 heteroatoms. The number of hydrogen-bond acceptors (Lipinski definition) is 1. The minimum atomic E-state index is 0.577. The average Bonchev–Trinajstić information content (AvgIpc) is 2.09. The molecule has 0 bridgehead atoms. The maximum atomic E-state index is 5.50. The van der Waals surface area contributed by atoms with Gasteiger partial charge in [0.15, 0.2) is 0 Å². The van der Waals surface area contributed by atoms with Gasteiger partial charge >= 0.3 is 0 Å². The zero-order valence-corrected chi connectivity index (χ0v) is 8.43. The highest BCUT2D eigenvalue weighted by Gasteiger charge is 1.99. The van der Waals surface area contributed by atoms with Crippen molar-refractivity contribution in [2.45, 2.75) is 20.3 Å². The first-order valence-corrected chi connectivity index (χ1v) is 4.56. The molecule has 0 aliphatic carbocycles. The normalized spacial score (nSPS) is 10.1. The number of aryl methyl sites for hydroxylation is 2. The second-order valence-electron chi connectivity index (χ2n) is 3.56. The molecular weight excluding hydrogens is 158 g/mol. The highest BCUT2D eigenvalue weighted by atomic mass is 14.5. The molecule has 0 saturated heterocycles. The Morgan fingerprint density at radius 3 is 2.62 bits per heavy atom. The van der Waals surface area contributed by atoms with Crippen LogP contribution >= 0.6 is 0 Å². The Hall–Kier alpha value is -1.08. The van der Waals surface area contributed by atoms with E-state index in [9.17, 15) is 0 Å². The van der Waals surface area contributed by atoms with Crippen LogP contribution in [0.2, 0.25) is 0 Å². The smallest absolute Gasteiger partial charge is 0.0137 e. The molecule has 0 fully saturated rings. The maximum Gasteiger partial charge on any atom is 0.0137 e. The summed E-state index contributed by atoms with van der Waals surface area (Å²) in [5.41, 5.74) is 10.6. The summed E-state index contributed by atoms with van der Waals surface area (Å²) in [4.78, 5) is 0. The fraction of sp³-hybridized carbons (Fsp3) is 0.333. The third kappa shape index (κ3) is 2.71. The number of rotatable bonds is 3. The van der Waals surface area contributed by atoms with Crippen molar-refractivity contribution < 1.29 is 0 Å². The predicted molar refractivity (Wildman–Crippen MR) is 57.8 cm³/mol. The summed E-state index contributed by atoms with van der Waals surface area (Å²) >= 11 is 0. The highest BCUT2D eigenvalue weighted by molar-refractivity contribution is 5.33. The second kappa shape index (κ2) is 4.24. The maximum absolute atomic E-state index is 5.50. The van der Waals surface area contributed by atoms with Gasteiger partial charge in [0.25, 0.3) is 0 Å². The van der Waals surface area contributed by atoms with Gasteiger partial charge in [-0.25, -0.2) is 0 Å². The van der Waals surface area contributed by atoms with Crippen LogP contribution in [0.4, 0.5) is 0 Å². The molecule has 0 aromatic heterocycles. The van der Waals surface area contributed by atoms with Crippen molar-refractivity contribution in [3.05, 3.63) is 47.0 Å². The molecule has 0 heterocycles. The van der Waals surface area contributed by atoms with Gasteiger partial charge in [-0.05, 0) is 31.4 Å². The van der Waals surface area contributed by atoms with Crippen molar-refractivity contribution in [3.63, 3.8) is 0 Å². The topological polar surface area (TPSA) is 26.0 Å². The molecule has 2 N–H and O–H groups in total. The summed E-state index contributed by atoms with van der Waals surface area (Å²) in [6.45, 7) is 8.72. The van der Waals surface area contributed by atoms with Crippen LogP contribution in [0.3, 0.4) is 0 Å². The molecule has 1 aromatic carbocycles. The molecule has 0 aliphatic rings. The van der Waals surface area contributed by atoms with E-state index < -0.39 is 0 Å². The van der Waals surface area contributed by atoms with E-state index in [-0.39, 0.29) is 0 Å². The van der Waals surface area contributed by atoms with Crippen LogP contribution in [0.25, 0.3) is 0 Å². The van der Waals surface area contributed by atoms with Gasteiger partial charge in [-0.15, -0.1) is 0 Å². The van der Waals surface area contributed by atoms with E-state index in [1.165, 1.54) is 16.7 Å². The average molecular weight is 175 g/mol. The van der Waals surface area contributed by atoms with Crippen LogP contribution in [0.1, 0.15) is 16.7 Å². The molecule has 0 saturated carbocycles. The Bertz CT molecular complexity index is 313. The van der Waals surface area contributed by atoms with E-state index in [1.807, 2.05) is 0 Å². The fourth-order valence-electron chi connectivity index (χ4n) is 1.39. The SMILES string of the molecule is C=C(CN)Cc1ccc(C)cc1C. The monoisotopic (exact) mass is 175 g/mol. The van der Waals surface area contributed by atoms with Crippen LogP contribution in [-0.4, -0.2) is 6.54 Å². The van der Waals surface area contributed by atoms with Crippen LogP contribution in [0, 0.1) is 13.8 Å². The van der Waals surface area contributed by atoms with Crippen LogP contribution in [0.5, 0.6) is 0 Å². The van der Waals surface area contributed by atoms with Gasteiger partial charge in [-0.1, -0.05) is 35.9 Å². The molecule has 0 unspecified atom stereocenters. The minimum absolute atomic E-state index is 0.577. The number of nitrogens with two attached hydrogens (primary N) is 1. The Balaban J connectivity index is 2.83. The predicted octanol–water partition coefficient (Wildman–Crippen LogP) is 2.36. The van der Waals surface area contributed by atoms with Crippen LogP contribution in [0.15, 0.2) is 30.4 Å². The van der Waals surface area contributed by atoms with E-state index in [2.05, 4.69) is 38.6 Å². The Morgan fingerprint density at radius 2 is 2.08 bits per heavy atom. The first kappa shape index (κ1) is 10.0. The first-order valence-electron chi connectivity index (χ1n) is 4.56. The second-order valence-corrected chi connectivity index (χ2v) is 3.56. The van der Waals surface area contributed by atoms with Crippen molar-refractivity contribution >= 4 is 0 Å². The van der Waals surface area contributed by atoms with Crippen molar-refractivity contribution in [2.24, 2.45) is 5.73 Å². The lowest BCUT2D eigenvalue weighted by Gasteiger charge is -2.07. The van der Waals surface area contributed by atoms with Crippen molar-refractivity contribution in [1.82, 2.24) is 0 Å². The van der Waals surface area contributed by atoms with Crippen molar-refractivity contribution in [2.75, 3.05) is 6.54 Å². The van der Waals surface area contributed by atoms with Gasteiger partial charge in [0.2, 0.25) is 0 Å². The molecule has 1 rings (SSSR count). The van der Waals surface area contributed by atoms with E-state index in [0.29, 0.717) is 6.54 Å². The summed E-state index contributed by atoms with van der Waals surface area (Å²) < 4.78 is 0. The third-order valence-corrected chi connectivity index (χ3v) is 2.23. The van der Waals surface area contributed by atoms with Gasteiger partial charge in [0, 0.05) is 6.54 Å². The standard InChI is InChI=1S/C12H17N/c1-9-4-5-12(11(3)6-9)7-10(2)8-13/h4-6H,2,7-8,13H2,1,3H3. The van der Waals surface area contributed by atoms with Gasteiger partial charge in [0.05, 0.1) is 0 Å². The summed E-state index contributed by atoms with van der Waals surface area (Å²) in [7, 11) is 0. The van der Waals surface area contributed by atoms with E-state index >= 15 is 0 Å². The summed E-state index contributed by atoms with van der Waals surface area (Å²) in [6.07, 6.45) is 0.905. The Kier molecular flexibility index (Phi) is 3.26. The van der Waals surface area contributed by atoms with Crippen molar-refractivity contribution in [1.29, 1.82) is 0 Å². The Labute approximate surface area is 80.3 Å². The molecule has 70 valence electrons.